The molecule has 0 aliphatic carbocycles. The number of anilines is 1. The molecule has 1 heterocycles. The normalized spacial score (nSPS) is 10.4. The van der Waals surface area contributed by atoms with Crippen LogP contribution < -0.4 is 29.0 Å². The second kappa shape index (κ2) is 9.29. The van der Waals surface area contributed by atoms with E-state index in [0.717, 1.165) is 11.3 Å². The van der Waals surface area contributed by atoms with Gasteiger partial charge in [-0.25, -0.2) is 0 Å². The first-order valence-electron chi connectivity index (χ1n) is 9.36. The van der Waals surface area contributed by atoms with Crippen LogP contribution in [0.4, 0.5) is 5.82 Å². The van der Waals surface area contributed by atoms with E-state index in [1.807, 2.05) is 6.92 Å². The molecule has 0 saturated carbocycles. The number of carbonyl (C=O) groups is 1. The van der Waals surface area contributed by atoms with Crippen LogP contribution in [-0.2, 0) is 0 Å². The molecule has 2 N–H and O–H groups in total. The molecule has 0 fully saturated rings. The Balaban J connectivity index is 2.02. The molecule has 31 heavy (non-hydrogen) atoms. The van der Waals surface area contributed by atoms with Gasteiger partial charge in [0, 0.05) is 17.3 Å². The highest BCUT2D eigenvalue weighted by Gasteiger charge is 2.22. The van der Waals surface area contributed by atoms with E-state index < -0.39 is 0 Å². The minimum Gasteiger partial charge on any atom is -0.497 e. The molecule has 9 heteroatoms. The topological polar surface area (TPSA) is 104 Å². The van der Waals surface area contributed by atoms with Gasteiger partial charge in [0.05, 0.1) is 41.1 Å². The summed E-state index contributed by atoms with van der Waals surface area (Å²) < 4.78 is 26.8. The van der Waals surface area contributed by atoms with Crippen molar-refractivity contribution in [3.05, 3.63) is 41.6 Å². The molecule has 0 radical (unpaired) electrons. The maximum absolute atomic E-state index is 13.0. The van der Waals surface area contributed by atoms with Crippen molar-refractivity contribution in [1.82, 2.24) is 10.2 Å². The van der Waals surface area contributed by atoms with Gasteiger partial charge in [-0.15, -0.1) is 0 Å². The van der Waals surface area contributed by atoms with Crippen molar-refractivity contribution < 1.29 is 28.5 Å². The van der Waals surface area contributed by atoms with E-state index in [9.17, 15) is 4.79 Å². The summed E-state index contributed by atoms with van der Waals surface area (Å²) in [7, 11) is 7.66. The van der Waals surface area contributed by atoms with Crippen molar-refractivity contribution in [1.29, 1.82) is 0 Å². The number of H-pyrrole nitrogens is 1. The van der Waals surface area contributed by atoms with Gasteiger partial charge in [0.2, 0.25) is 5.75 Å². The lowest BCUT2D eigenvalue weighted by atomic mass is 10.0. The highest BCUT2D eigenvalue weighted by molar-refractivity contribution is 6.07. The molecule has 0 spiro atoms. The van der Waals surface area contributed by atoms with Gasteiger partial charge in [-0.2, -0.15) is 5.10 Å². The van der Waals surface area contributed by atoms with Gasteiger partial charge in [0.1, 0.15) is 11.5 Å². The van der Waals surface area contributed by atoms with Crippen molar-refractivity contribution in [3.8, 4) is 39.9 Å². The number of rotatable bonds is 8. The molecule has 0 bridgehead atoms. The largest absolute Gasteiger partial charge is 0.497 e. The molecule has 0 atom stereocenters. The quantitative estimate of drug-likeness (QED) is 0.565. The highest BCUT2D eigenvalue weighted by atomic mass is 16.5. The van der Waals surface area contributed by atoms with Crippen LogP contribution in [-0.4, -0.2) is 51.7 Å². The van der Waals surface area contributed by atoms with Crippen molar-refractivity contribution in [2.24, 2.45) is 0 Å². The lowest BCUT2D eigenvalue weighted by Crippen LogP contribution is -2.14. The average molecular weight is 427 g/mol. The Morgan fingerprint density at radius 3 is 2.06 bits per heavy atom. The standard InChI is InChI=1S/C22H25N3O6/c1-12-19(13-9-17(29-4)20(31-6)18(10-13)30-5)21(25-24-12)23-22(26)15-8-7-14(27-2)11-16(15)28-3/h7-11H,1-6H3,(H2,23,24,25,26). The highest BCUT2D eigenvalue weighted by Crippen LogP contribution is 2.43. The minimum atomic E-state index is -0.375. The van der Waals surface area contributed by atoms with Crippen LogP contribution in [0.2, 0.25) is 0 Å². The second-order valence-corrected chi connectivity index (χ2v) is 6.51. The van der Waals surface area contributed by atoms with E-state index in [1.54, 1.807) is 51.7 Å². The predicted octanol–water partition coefficient (Wildman–Crippen LogP) is 3.68. The van der Waals surface area contributed by atoms with Gasteiger partial charge in [-0.05, 0) is 36.8 Å². The number of aromatic amines is 1. The SMILES string of the molecule is COc1ccc(C(=O)Nc2n[nH]c(C)c2-c2cc(OC)c(OC)c(OC)c2)c(OC)c1. The monoisotopic (exact) mass is 427 g/mol. The molecule has 2 aromatic carbocycles. The molecule has 0 unspecified atom stereocenters. The van der Waals surface area contributed by atoms with Crippen LogP contribution in [0.5, 0.6) is 28.7 Å². The van der Waals surface area contributed by atoms with Gasteiger partial charge < -0.3 is 29.0 Å². The molecular weight excluding hydrogens is 402 g/mol. The van der Waals surface area contributed by atoms with Gasteiger partial charge in [-0.3, -0.25) is 9.89 Å². The van der Waals surface area contributed by atoms with Gasteiger partial charge in [0.15, 0.2) is 17.3 Å². The molecule has 1 aromatic heterocycles. The summed E-state index contributed by atoms with van der Waals surface area (Å²) in [5.74, 6) is 2.41. The van der Waals surface area contributed by atoms with E-state index in [1.165, 1.54) is 14.2 Å². The van der Waals surface area contributed by atoms with E-state index in [0.29, 0.717) is 45.7 Å². The fraction of sp³-hybridized carbons (Fsp3) is 0.273. The summed E-state index contributed by atoms with van der Waals surface area (Å²) in [6.07, 6.45) is 0. The van der Waals surface area contributed by atoms with Gasteiger partial charge in [-0.1, -0.05) is 0 Å². The van der Waals surface area contributed by atoms with Crippen molar-refractivity contribution in [3.63, 3.8) is 0 Å². The molecule has 1 amide bonds. The first-order valence-corrected chi connectivity index (χ1v) is 9.36. The molecule has 9 nitrogen and oxygen atoms in total. The number of carbonyl (C=O) groups excluding carboxylic acids is 1. The van der Waals surface area contributed by atoms with Gasteiger partial charge >= 0.3 is 0 Å². The number of nitrogens with zero attached hydrogens (tertiary/aromatic N) is 1. The lowest BCUT2D eigenvalue weighted by molar-refractivity contribution is 0.102. The Morgan fingerprint density at radius 1 is 0.871 bits per heavy atom. The Hall–Kier alpha value is -3.88. The molecule has 0 aliphatic rings. The first-order chi connectivity index (χ1) is 15.0. The van der Waals surface area contributed by atoms with Crippen LogP contribution in [0.15, 0.2) is 30.3 Å². The summed E-state index contributed by atoms with van der Waals surface area (Å²) >= 11 is 0. The van der Waals surface area contributed by atoms with Crippen molar-refractivity contribution in [2.75, 3.05) is 40.9 Å². The number of hydrogen-bond acceptors (Lipinski definition) is 7. The third-order valence-electron chi connectivity index (χ3n) is 4.79. The number of nitrogens with one attached hydrogen (secondary N) is 2. The van der Waals surface area contributed by atoms with Crippen molar-refractivity contribution in [2.45, 2.75) is 6.92 Å². The number of aromatic nitrogens is 2. The molecule has 0 aliphatic heterocycles. The fourth-order valence-corrected chi connectivity index (χ4v) is 3.26. The predicted molar refractivity (Wildman–Crippen MR) is 116 cm³/mol. The van der Waals surface area contributed by atoms with Crippen molar-refractivity contribution >= 4 is 11.7 Å². The van der Waals surface area contributed by atoms with E-state index in [2.05, 4.69) is 15.5 Å². The molecule has 0 saturated heterocycles. The number of benzene rings is 2. The summed E-state index contributed by atoms with van der Waals surface area (Å²) in [6, 6.07) is 8.55. The third kappa shape index (κ3) is 4.20. The maximum Gasteiger partial charge on any atom is 0.260 e. The zero-order valence-corrected chi connectivity index (χ0v) is 18.3. The zero-order chi connectivity index (χ0) is 22.5. The van der Waals surface area contributed by atoms with Crippen LogP contribution in [0.1, 0.15) is 16.1 Å². The second-order valence-electron chi connectivity index (χ2n) is 6.51. The zero-order valence-electron chi connectivity index (χ0n) is 18.3. The minimum absolute atomic E-state index is 0.347. The average Bonchev–Trinajstić information content (AvgIpc) is 3.16. The lowest BCUT2D eigenvalue weighted by Gasteiger charge is -2.15. The Bertz CT molecular complexity index is 1070. The molecule has 164 valence electrons. The van der Waals surface area contributed by atoms with E-state index >= 15 is 0 Å². The first kappa shape index (κ1) is 21.8. The van der Waals surface area contributed by atoms with Crippen LogP contribution >= 0.6 is 0 Å². The van der Waals surface area contributed by atoms with Crippen LogP contribution in [0, 0.1) is 6.92 Å². The summed E-state index contributed by atoms with van der Waals surface area (Å²) in [5, 5.41) is 10.0. The Labute approximate surface area is 180 Å². The number of methoxy groups -OCH3 is 5. The number of amides is 1. The Morgan fingerprint density at radius 2 is 1.52 bits per heavy atom. The number of hydrogen-bond donors (Lipinski definition) is 2. The van der Waals surface area contributed by atoms with E-state index in [4.69, 9.17) is 23.7 Å². The Kier molecular flexibility index (Phi) is 6.54. The smallest absolute Gasteiger partial charge is 0.260 e. The fourth-order valence-electron chi connectivity index (χ4n) is 3.26. The molecule has 3 rings (SSSR count). The summed E-state index contributed by atoms with van der Waals surface area (Å²) in [4.78, 5) is 13.0. The third-order valence-corrected chi connectivity index (χ3v) is 4.79. The van der Waals surface area contributed by atoms with E-state index in [-0.39, 0.29) is 5.91 Å². The van der Waals surface area contributed by atoms with Crippen LogP contribution in [0.3, 0.4) is 0 Å². The van der Waals surface area contributed by atoms with Gasteiger partial charge in [0.25, 0.3) is 5.91 Å². The number of aryl methyl sites for hydroxylation is 1. The van der Waals surface area contributed by atoms with Crippen LogP contribution in [0.25, 0.3) is 11.1 Å². The summed E-state index contributed by atoms with van der Waals surface area (Å²) in [5.41, 5.74) is 2.53. The maximum atomic E-state index is 13.0. The number of ether oxygens (including phenoxy) is 5. The molecule has 3 aromatic rings. The summed E-state index contributed by atoms with van der Waals surface area (Å²) in [6.45, 7) is 1.86. The molecular formula is C22H25N3O6.